The summed E-state index contributed by atoms with van der Waals surface area (Å²) in [5.74, 6) is -0.339. The first-order chi connectivity index (χ1) is 7.17. The molecule has 0 atom stereocenters. The summed E-state index contributed by atoms with van der Waals surface area (Å²) in [5.41, 5.74) is -0.526. The van der Waals surface area contributed by atoms with E-state index in [0.717, 1.165) is 11.5 Å². The van der Waals surface area contributed by atoms with Gasteiger partial charge in [-0.3, -0.25) is 4.79 Å². The van der Waals surface area contributed by atoms with Crippen LogP contribution in [-0.2, 0) is 0 Å². The first-order valence-electron chi connectivity index (χ1n) is 4.68. The summed E-state index contributed by atoms with van der Waals surface area (Å²) >= 11 is 1.11. The molecule has 1 aromatic heterocycles. The molecule has 0 bridgehead atoms. The van der Waals surface area contributed by atoms with Crippen molar-refractivity contribution in [2.45, 2.75) is 32.2 Å². The van der Waals surface area contributed by atoms with Crippen molar-refractivity contribution in [1.82, 2.24) is 14.9 Å². The average Bonchev–Trinajstić information content (AvgIpc) is 2.79. The number of carbonyl (C=O) groups excluding carboxylic acids is 1. The smallest absolute Gasteiger partial charge is 0.273 e. The van der Waals surface area contributed by atoms with Gasteiger partial charge in [0.25, 0.3) is 5.91 Å². The molecule has 0 radical (unpaired) electrons. The van der Waals surface area contributed by atoms with Crippen LogP contribution in [0.1, 0.15) is 37.2 Å². The van der Waals surface area contributed by atoms with Crippen molar-refractivity contribution in [2.24, 2.45) is 0 Å². The van der Waals surface area contributed by atoms with Gasteiger partial charge in [-0.15, -0.1) is 5.10 Å². The van der Waals surface area contributed by atoms with Crippen LogP contribution in [0.5, 0.6) is 0 Å². The van der Waals surface area contributed by atoms with Gasteiger partial charge in [0.1, 0.15) is 5.54 Å². The zero-order valence-corrected chi connectivity index (χ0v) is 9.47. The molecule has 0 saturated heterocycles. The number of nitrogens with one attached hydrogen (secondary N) is 1. The molecule has 80 valence electrons. The molecular formula is C9H12N4OS. The third-order valence-electron chi connectivity index (χ3n) is 2.37. The third-order valence-corrected chi connectivity index (χ3v) is 2.87. The number of aromatic nitrogens is 2. The predicted octanol–water partition coefficient (Wildman–Crippen LogP) is 1.35. The first kappa shape index (κ1) is 11.6. The highest BCUT2D eigenvalue weighted by Crippen LogP contribution is 2.14. The minimum absolute atomic E-state index is 0.265. The molecule has 0 aliphatic carbocycles. The van der Waals surface area contributed by atoms with Crippen LogP contribution in [0.25, 0.3) is 0 Å². The van der Waals surface area contributed by atoms with Gasteiger partial charge in [0.05, 0.1) is 6.07 Å². The molecule has 0 saturated carbocycles. The van der Waals surface area contributed by atoms with Gasteiger partial charge in [-0.05, 0) is 24.4 Å². The lowest BCUT2D eigenvalue weighted by Gasteiger charge is -2.24. The number of nitrogens with zero attached hydrogens (tertiary/aromatic N) is 3. The zero-order valence-electron chi connectivity index (χ0n) is 8.65. The second-order valence-electron chi connectivity index (χ2n) is 3.15. The Bertz CT molecular complexity index is 364. The Labute approximate surface area is 92.3 Å². The second kappa shape index (κ2) is 4.84. The number of nitriles is 1. The van der Waals surface area contributed by atoms with E-state index in [9.17, 15) is 4.79 Å². The predicted molar refractivity (Wildman–Crippen MR) is 56.3 cm³/mol. The molecule has 0 spiro atoms. The lowest BCUT2D eigenvalue weighted by Crippen LogP contribution is -2.46. The molecule has 1 rings (SSSR count). The van der Waals surface area contributed by atoms with Gasteiger partial charge in [-0.25, -0.2) is 0 Å². The number of hydrogen-bond donors (Lipinski definition) is 1. The van der Waals surface area contributed by atoms with E-state index in [1.54, 1.807) is 5.38 Å². The first-order valence-corrected chi connectivity index (χ1v) is 5.52. The quantitative estimate of drug-likeness (QED) is 0.837. The van der Waals surface area contributed by atoms with E-state index in [0.29, 0.717) is 12.8 Å². The number of carbonyl (C=O) groups is 1. The summed E-state index contributed by atoms with van der Waals surface area (Å²) in [5, 5.41) is 16.9. The van der Waals surface area contributed by atoms with Crippen LogP contribution >= 0.6 is 11.5 Å². The van der Waals surface area contributed by atoms with E-state index < -0.39 is 5.54 Å². The Morgan fingerprint density at radius 2 is 2.33 bits per heavy atom. The molecule has 1 amide bonds. The Morgan fingerprint density at radius 1 is 1.67 bits per heavy atom. The average molecular weight is 224 g/mol. The molecule has 5 nitrogen and oxygen atoms in total. The minimum atomic E-state index is -0.791. The Morgan fingerprint density at radius 3 is 2.73 bits per heavy atom. The lowest BCUT2D eigenvalue weighted by atomic mass is 9.94. The highest BCUT2D eigenvalue weighted by molar-refractivity contribution is 7.03. The lowest BCUT2D eigenvalue weighted by molar-refractivity contribution is 0.0910. The second-order valence-corrected chi connectivity index (χ2v) is 3.76. The van der Waals surface area contributed by atoms with E-state index in [1.807, 2.05) is 13.8 Å². The van der Waals surface area contributed by atoms with E-state index in [1.165, 1.54) is 0 Å². The molecular weight excluding hydrogens is 212 g/mol. The van der Waals surface area contributed by atoms with Crippen molar-refractivity contribution >= 4 is 17.4 Å². The number of rotatable bonds is 4. The summed E-state index contributed by atoms with van der Waals surface area (Å²) in [6.45, 7) is 3.73. The SMILES string of the molecule is CCC(C#N)(CC)NC(=O)c1csnn1. The highest BCUT2D eigenvalue weighted by atomic mass is 32.1. The van der Waals surface area contributed by atoms with Gasteiger partial charge >= 0.3 is 0 Å². The standard InChI is InChI=1S/C9H12N4OS/c1-3-9(4-2,6-10)11-8(14)7-5-15-13-12-7/h5H,3-4H2,1-2H3,(H,11,14). The zero-order chi connectivity index (χ0) is 11.3. The molecule has 1 heterocycles. The monoisotopic (exact) mass is 224 g/mol. The van der Waals surface area contributed by atoms with Gasteiger partial charge in [0.2, 0.25) is 0 Å². The number of hydrogen-bond acceptors (Lipinski definition) is 5. The largest absolute Gasteiger partial charge is 0.332 e. The fourth-order valence-corrected chi connectivity index (χ4v) is 1.59. The van der Waals surface area contributed by atoms with E-state index in [4.69, 9.17) is 5.26 Å². The molecule has 0 fully saturated rings. The maximum atomic E-state index is 11.6. The highest BCUT2D eigenvalue weighted by Gasteiger charge is 2.28. The third kappa shape index (κ3) is 2.50. The molecule has 1 aromatic rings. The van der Waals surface area contributed by atoms with Crippen LogP contribution in [0.4, 0.5) is 0 Å². The summed E-state index contributed by atoms with van der Waals surface area (Å²) in [6.07, 6.45) is 1.15. The van der Waals surface area contributed by atoms with E-state index in [2.05, 4.69) is 21.0 Å². The summed E-state index contributed by atoms with van der Waals surface area (Å²) in [6, 6.07) is 2.13. The van der Waals surface area contributed by atoms with Crippen molar-refractivity contribution in [1.29, 1.82) is 5.26 Å². The van der Waals surface area contributed by atoms with Crippen LogP contribution in [0.3, 0.4) is 0 Å². The fraction of sp³-hybridized carbons (Fsp3) is 0.556. The summed E-state index contributed by atoms with van der Waals surface area (Å²) in [7, 11) is 0. The van der Waals surface area contributed by atoms with E-state index >= 15 is 0 Å². The Hall–Kier alpha value is -1.48. The Balaban J connectivity index is 2.77. The fourth-order valence-electron chi connectivity index (χ4n) is 1.16. The van der Waals surface area contributed by atoms with Crippen LogP contribution in [0, 0.1) is 11.3 Å². The minimum Gasteiger partial charge on any atom is -0.332 e. The normalized spacial score (nSPS) is 10.7. The van der Waals surface area contributed by atoms with Crippen LogP contribution < -0.4 is 5.32 Å². The van der Waals surface area contributed by atoms with Crippen molar-refractivity contribution in [3.05, 3.63) is 11.1 Å². The van der Waals surface area contributed by atoms with Crippen LogP contribution in [-0.4, -0.2) is 21.0 Å². The van der Waals surface area contributed by atoms with Gasteiger partial charge in [0, 0.05) is 5.38 Å². The maximum absolute atomic E-state index is 11.6. The molecule has 0 aromatic carbocycles. The molecule has 1 N–H and O–H groups in total. The van der Waals surface area contributed by atoms with Crippen molar-refractivity contribution < 1.29 is 4.79 Å². The molecule has 15 heavy (non-hydrogen) atoms. The van der Waals surface area contributed by atoms with Crippen LogP contribution in [0.15, 0.2) is 5.38 Å². The van der Waals surface area contributed by atoms with Gasteiger partial charge in [0.15, 0.2) is 5.69 Å². The molecule has 0 aliphatic heterocycles. The summed E-state index contributed by atoms with van der Waals surface area (Å²) in [4.78, 5) is 11.6. The van der Waals surface area contributed by atoms with Gasteiger partial charge < -0.3 is 5.32 Å². The number of amides is 1. The molecule has 0 unspecified atom stereocenters. The van der Waals surface area contributed by atoms with Gasteiger partial charge in [-0.1, -0.05) is 18.3 Å². The Kier molecular flexibility index (Phi) is 3.74. The maximum Gasteiger partial charge on any atom is 0.273 e. The van der Waals surface area contributed by atoms with Gasteiger partial charge in [-0.2, -0.15) is 5.26 Å². The topological polar surface area (TPSA) is 78.7 Å². The summed E-state index contributed by atoms with van der Waals surface area (Å²) < 4.78 is 3.60. The molecule has 6 heteroatoms. The van der Waals surface area contributed by atoms with E-state index in [-0.39, 0.29) is 11.6 Å². The van der Waals surface area contributed by atoms with Crippen molar-refractivity contribution in [2.75, 3.05) is 0 Å². The van der Waals surface area contributed by atoms with Crippen molar-refractivity contribution in [3.63, 3.8) is 0 Å². The molecule has 0 aliphatic rings. The van der Waals surface area contributed by atoms with Crippen LogP contribution in [0.2, 0.25) is 0 Å². The van der Waals surface area contributed by atoms with Crippen molar-refractivity contribution in [3.8, 4) is 6.07 Å².